The Morgan fingerprint density at radius 3 is 2.58 bits per heavy atom. The van der Waals surface area contributed by atoms with Crippen LogP contribution in [0.2, 0.25) is 0 Å². The largest absolute Gasteiger partial charge is 0.459 e. The van der Waals surface area contributed by atoms with E-state index in [2.05, 4.69) is 15.4 Å². The molecule has 24 heavy (non-hydrogen) atoms. The Bertz CT molecular complexity index is 677. The number of hydrogen-bond acceptors (Lipinski definition) is 4. The molecule has 1 atom stereocenters. The second-order valence-electron chi connectivity index (χ2n) is 5.44. The molecule has 0 saturated heterocycles. The van der Waals surface area contributed by atoms with Crippen LogP contribution in [0.4, 0.5) is 8.78 Å². The molecule has 8 heteroatoms. The molecule has 1 aromatic carbocycles. The van der Waals surface area contributed by atoms with Gasteiger partial charge in [-0.3, -0.25) is 0 Å². The number of allylic oxidation sites excluding steroid dienone is 1. The quantitative estimate of drug-likeness (QED) is 0.625. The van der Waals surface area contributed by atoms with Gasteiger partial charge in [-0.2, -0.15) is 8.78 Å². The number of thiocarbonyl (C=S) groups is 1. The van der Waals surface area contributed by atoms with Crippen LogP contribution in [0, 0.1) is 0 Å². The van der Waals surface area contributed by atoms with Crippen molar-refractivity contribution >= 4 is 23.3 Å². The van der Waals surface area contributed by atoms with Crippen molar-refractivity contribution in [3.63, 3.8) is 0 Å². The summed E-state index contributed by atoms with van der Waals surface area (Å²) in [4.78, 5) is 12.5. The minimum atomic E-state index is -2.98. The minimum absolute atomic E-state index is 0.0302. The van der Waals surface area contributed by atoms with Crippen molar-refractivity contribution in [1.82, 2.24) is 10.6 Å². The molecular formula is C16H18F2N2O3S. The van der Waals surface area contributed by atoms with Crippen LogP contribution < -0.4 is 15.4 Å². The van der Waals surface area contributed by atoms with E-state index in [1.807, 2.05) is 0 Å². The van der Waals surface area contributed by atoms with Gasteiger partial charge >= 0.3 is 12.6 Å². The first kappa shape index (κ1) is 18.1. The van der Waals surface area contributed by atoms with Crippen molar-refractivity contribution in [3.05, 3.63) is 41.1 Å². The Kier molecular flexibility index (Phi) is 5.71. The fraction of sp³-hybridized carbons (Fsp3) is 0.375. The minimum Gasteiger partial charge on any atom is -0.459 e. The molecule has 1 unspecified atom stereocenters. The van der Waals surface area contributed by atoms with Crippen LogP contribution in [-0.4, -0.2) is 23.8 Å². The maximum atomic E-state index is 12.7. The van der Waals surface area contributed by atoms with E-state index in [9.17, 15) is 13.6 Å². The van der Waals surface area contributed by atoms with Crippen LogP contribution in [0.3, 0.4) is 0 Å². The van der Waals surface area contributed by atoms with E-state index in [4.69, 9.17) is 17.0 Å². The number of para-hydroxylation sites is 1. The number of nitrogens with one attached hydrogen (secondary N) is 2. The van der Waals surface area contributed by atoms with Crippen molar-refractivity contribution in [2.75, 3.05) is 0 Å². The lowest BCUT2D eigenvalue weighted by atomic mass is 9.95. The van der Waals surface area contributed by atoms with E-state index in [-0.39, 0.29) is 22.5 Å². The molecule has 0 bridgehead atoms. The fourth-order valence-electron chi connectivity index (χ4n) is 2.40. The number of carbonyl (C=O) groups excluding carboxylic acids is 1. The number of carbonyl (C=O) groups is 1. The summed E-state index contributed by atoms with van der Waals surface area (Å²) in [6, 6.07) is 5.50. The number of ether oxygens (including phenoxy) is 2. The van der Waals surface area contributed by atoms with Crippen LogP contribution in [-0.2, 0) is 9.53 Å². The molecule has 1 aromatic rings. The van der Waals surface area contributed by atoms with Gasteiger partial charge in [0, 0.05) is 11.3 Å². The molecule has 0 radical (unpaired) electrons. The summed E-state index contributed by atoms with van der Waals surface area (Å²) < 4.78 is 35.2. The molecule has 1 heterocycles. The van der Waals surface area contributed by atoms with Crippen molar-refractivity contribution < 1.29 is 23.0 Å². The zero-order chi connectivity index (χ0) is 17.9. The van der Waals surface area contributed by atoms with E-state index in [1.165, 1.54) is 6.07 Å². The molecule has 2 N–H and O–H groups in total. The molecule has 0 fully saturated rings. The lowest BCUT2D eigenvalue weighted by Gasteiger charge is -2.31. The zero-order valence-corrected chi connectivity index (χ0v) is 14.2. The third-order valence-electron chi connectivity index (χ3n) is 3.28. The summed E-state index contributed by atoms with van der Waals surface area (Å²) in [6.07, 6.45) is -0.320. The average molecular weight is 356 g/mol. The molecular weight excluding hydrogens is 338 g/mol. The number of esters is 1. The first-order valence-electron chi connectivity index (χ1n) is 7.32. The third kappa shape index (κ3) is 4.19. The molecule has 0 spiro atoms. The molecule has 5 nitrogen and oxygen atoms in total. The summed E-state index contributed by atoms with van der Waals surface area (Å²) in [6.45, 7) is 2.15. The summed E-state index contributed by atoms with van der Waals surface area (Å²) in [7, 11) is 0. The second-order valence-corrected chi connectivity index (χ2v) is 5.85. The van der Waals surface area contributed by atoms with Gasteiger partial charge in [0.05, 0.1) is 17.7 Å². The number of hydrogen-bond donors (Lipinski definition) is 2. The number of alkyl halides is 2. The summed E-state index contributed by atoms with van der Waals surface area (Å²) >= 11 is 5.12. The van der Waals surface area contributed by atoms with E-state index in [0.29, 0.717) is 11.3 Å². The molecule has 0 saturated carbocycles. The molecule has 1 aliphatic rings. The predicted molar refractivity (Wildman–Crippen MR) is 88.6 cm³/mol. The van der Waals surface area contributed by atoms with Crippen molar-refractivity contribution in [1.29, 1.82) is 0 Å². The van der Waals surface area contributed by atoms with Gasteiger partial charge in [-0.1, -0.05) is 18.2 Å². The van der Waals surface area contributed by atoms with Crippen LogP contribution in [0.25, 0.3) is 0 Å². The van der Waals surface area contributed by atoms with Gasteiger partial charge in [0.1, 0.15) is 5.75 Å². The monoisotopic (exact) mass is 356 g/mol. The molecule has 0 amide bonds. The Morgan fingerprint density at radius 1 is 1.29 bits per heavy atom. The summed E-state index contributed by atoms with van der Waals surface area (Å²) in [5, 5.41) is 6.05. The SMILES string of the molecule is CC1=C(C(=O)OC(C)C)C(c2ccccc2OC(F)F)NC(=S)N1. The second kappa shape index (κ2) is 7.57. The average Bonchev–Trinajstić information content (AvgIpc) is 2.45. The summed E-state index contributed by atoms with van der Waals surface area (Å²) in [5.74, 6) is -0.584. The highest BCUT2D eigenvalue weighted by Gasteiger charge is 2.33. The molecule has 130 valence electrons. The fourth-order valence-corrected chi connectivity index (χ4v) is 2.67. The molecule has 2 rings (SSSR count). The van der Waals surface area contributed by atoms with Gasteiger partial charge in [-0.15, -0.1) is 0 Å². The van der Waals surface area contributed by atoms with Gasteiger partial charge in [-0.05, 0) is 39.1 Å². The van der Waals surface area contributed by atoms with Gasteiger partial charge in [0.15, 0.2) is 5.11 Å². The highest BCUT2D eigenvalue weighted by molar-refractivity contribution is 7.80. The highest BCUT2D eigenvalue weighted by atomic mass is 32.1. The third-order valence-corrected chi connectivity index (χ3v) is 3.50. The molecule has 1 aliphatic heterocycles. The lowest BCUT2D eigenvalue weighted by molar-refractivity contribution is -0.143. The van der Waals surface area contributed by atoms with Gasteiger partial charge in [0.25, 0.3) is 0 Å². The van der Waals surface area contributed by atoms with Crippen LogP contribution in [0.5, 0.6) is 5.75 Å². The van der Waals surface area contributed by atoms with Gasteiger partial charge < -0.3 is 20.1 Å². The van der Waals surface area contributed by atoms with Crippen LogP contribution in [0.1, 0.15) is 32.4 Å². The van der Waals surface area contributed by atoms with Crippen LogP contribution in [0.15, 0.2) is 35.5 Å². The Morgan fingerprint density at radius 2 is 1.96 bits per heavy atom. The maximum Gasteiger partial charge on any atom is 0.387 e. The van der Waals surface area contributed by atoms with E-state index >= 15 is 0 Å². The molecule has 0 aromatic heterocycles. The zero-order valence-electron chi connectivity index (χ0n) is 13.4. The Balaban J connectivity index is 2.48. The number of benzene rings is 1. The smallest absolute Gasteiger partial charge is 0.387 e. The highest BCUT2D eigenvalue weighted by Crippen LogP contribution is 2.34. The standard InChI is InChI=1S/C16H18F2N2O3S/c1-8(2)22-14(21)12-9(3)19-16(24)20-13(12)10-6-4-5-7-11(10)23-15(17)18/h4-8,13,15H,1-3H3,(H2,19,20,24). The van der Waals surface area contributed by atoms with Crippen LogP contribution >= 0.6 is 12.2 Å². The normalized spacial score (nSPS) is 17.6. The van der Waals surface area contributed by atoms with Crippen molar-refractivity contribution in [2.24, 2.45) is 0 Å². The number of halogens is 2. The maximum absolute atomic E-state index is 12.7. The number of rotatable bonds is 5. The van der Waals surface area contributed by atoms with Crippen molar-refractivity contribution in [2.45, 2.75) is 39.5 Å². The van der Waals surface area contributed by atoms with E-state index in [0.717, 1.165) is 0 Å². The molecule has 0 aliphatic carbocycles. The lowest BCUT2D eigenvalue weighted by Crippen LogP contribution is -2.45. The van der Waals surface area contributed by atoms with E-state index in [1.54, 1.807) is 39.0 Å². The first-order valence-corrected chi connectivity index (χ1v) is 7.73. The predicted octanol–water partition coefficient (Wildman–Crippen LogP) is 3.03. The summed E-state index contributed by atoms with van der Waals surface area (Å²) in [5.41, 5.74) is 1.14. The van der Waals surface area contributed by atoms with Gasteiger partial charge in [-0.25, -0.2) is 4.79 Å². The first-order chi connectivity index (χ1) is 11.3. The van der Waals surface area contributed by atoms with Crippen molar-refractivity contribution in [3.8, 4) is 5.75 Å². The van der Waals surface area contributed by atoms with Gasteiger partial charge in [0.2, 0.25) is 0 Å². The van der Waals surface area contributed by atoms with E-state index < -0.39 is 18.6 Å². The topological polar surface area (TPSA) is 59.6 Å². The Hall–Kier alpha value is -2.22. The Labute approximate surface area is 144 Å².